The Balaban J connectivity index is 1.98. The smallest absolute Gasteiger partial charge is 0.348 e. The summed E-state index contributed by atoms with van der Waals surface area (Å²) >= 11 is 0. The molecule has 0 bridgehead atoms. The van der Waals surface area contributed by atoms with Gasteiger partial charge < -0.3 is 14.2 Å². The van der Waals surface area contributed by atoms with Crippen LogP contribution in [0, 0.1) is 0 Å². The third-order valence-corrected chi connectivity index (χ3v) is 4.33. The summed E-state index contributed by atoms with van der Waals surface area (Å²) in [5.41, 5.74) is -1.17. The van der Waals surface area contributed by atoms with Crippen molar-refractivity contribution in [2.45, 2.75) is 39.0 Å². The van der Waals surface area contributed by atoms with Gasteiger partial charge in [-0.05, 0) is 29.8 Å². The van der Waals surface area contributed by atoms with Crippen molar-refractivity contribution in [1.82, 2.24) is 9.78 Å². The molecule has 0 N–H and O–H groups in total. The summed E-state index contributed by atoms with van der Waals surface area (Å²) in [6.45, 7) is 2.50. The molecule has 1 aliphatic heterocycles. The molecule has 1 fully saturated rings. The van der Waals surface area contributed by atoms with Gasteiger partial charge in [0.05, 0.1) is 13.7 Å². The molecule has 0 radical (unpaired) electrons. The second-order valence-electron chi connectivity index (χ2n) is 7.06. The molecule has 0 unspecified atom stereocenters. The Hall–Kier alpha value is -3.37. The van der Waals surface area contributed by atoms with Crippen LogP contribution in [-0.2, 0) is 25.6 Å². The van der Waals surface area contributed by atoms with E-state index in [0.29, 0.717) is 17.2 Å². The third-order valence-electron chi connectivity index (χ3n) is 4.33. The van der Waals surface area contributed by atoms with Crippen molar-refractivity contribution in [2.24, 2.45) is 0 Å². The molecule has 11 heteroatoms. The number of hydrogen-bond donors (Lipinski definition) is 0. The normalized spacial score (nSPS) is 15.8. The van der Waals surface area contributed by atoms with Gasteiger partial charge in [-0.15, -0.1) is 0 Å². The highest BCUT2D eigenvalue weighted by Gasteiger charge is 2.38. The van der Waals surface area contributed by atoms with Gasteiger partial charge in [0.1, 0.15) is 22.7 Å². The van der Waals surface area contributed by atoms with Crippen LogP contribution in [0.1, 0.15) is 49.2 Å². The predicted octanol–water partition coefficient (Wildman–Crippen LogP) is 4.03. The van der Waals surface area contributed by atoms with Crippen molar-refractivity contribution in [3.8, 4) is 5.75 Å². The van der Waals surface area contributed by atoms with Crippen molar-refractivity contribution < 1.29 is 41.4 Å². The minimum atomic E-state index is -3.02. The molecular formula is C20H18F4N2O5. The first kappa shape index (κ1) is 22.3. The van der Waals surface area contributed by atoms with E-state index in [4.69, 9.17) is 14.2 Å². The van der Waals surface area contributed by atoms with Crippen LogP contribution in [-0.4, -0.2) is 34.6 Å². The van der Waals surface area contributed by atoms with Crippen molar-refractivity contribution >= 4 is 18.0 Å². The maximum Gasteiger partial charge on any atom is 0.348 e. The summed E-state index contributed by atoms with van der Waals surface area (Å²) in [6.07, 6.45) is -4.82. The maximum absolute atomic E-state index is 13.3. The first-order valence-electron chi connectivity index (χ1n) is 9.00. The average molecular weight is 442 g/mol. The molecule has 7 nitrogen and oxygen atoms in total. The van der Waals surface area contributed by atoms with Gasteiger partial charge in [-0.2, -0.15) is 5.10 Å². The van der Waals surface area contributed by atoms with E-state index in [0.717, 1.165) is 4.68 Å². The second kappa shape index (κ2) is 8.40. The van der Waals surface area contributed by atoms with Crippen LogP contribution < -0.4 is 4.74 Å². The summed E-state index contributed by atoms with van der Waals surface area (Å²) in [6, 6.07) is 5.08. The number of carbonyl (C=O) groups excluding carboxylic acids is 2. The number of cyclic esters (lactones) is 2. The van der Waals surface area contributed by atoms with Gasteiger partial charge in [-0.25, -0.2) is 27.2 Å². The summed E-state index contributed by atoms with van der Waals surface area (Å²) < 4.78 is 68.4. The number of carbonyl (C=O) groups is 2. The number of benzene rings is 1. The Bertz CT molecular complexity index is 1020. The van der Waals surface area contributed by atoms with Crippen LogP contribution in [0.25, 0.3) is 6.08 Å². The number of esters is 2. The zero-order chi connectivity index (χ0) is 22.9. The highest BCUT2D eigenvalue weighted by atomic mass is 19.3. The number of methoxy groups -OCH3 is 1. The van der Waals surface area contributed by atoms with E-state index < -0.39 is 42.0 Å². The Morgan fingerprint density at radius 3 is 2.29 bits per heavy atom. The highest BCUT2D eigenvalue weighted by Crippen LogP contribution is 2.29. The minimum Gasteiger partial charge on any atom is -0.496 e. The molecule has 0 aliphatic carbocycles. The van der Waals surface area contributed by atoms with Crippen molar-refractivity contribution in [3.05, 3.63) is 52.4 Å². The Labute approximate surface area is 174 Å². The Morgan fingerprint density at radius 1 is 1.10 bits per heavy atom. The standard InChI is InChI=1S/C20H18F4N2O5/c1-20(2)30-18(27)12(19(28)31-20)7-10-4-5-15(29-3)11(6-10)9-26-14(17(23)24)8-13(25-26)16(21)22/h4-8,16-17H,9H2,1-3H3. The van der Waals surface area contributed by atoms with Gasteiger partial charge in [0, 0.05) is 19.4 Å². The van der Waals surface area contributed by atoms with Gasteiger partial charge >= 0.3 is 11.9 Å². The lowest BCUT2D eigenvalue weighted by atomic mass is 10.1. The number of alkyl halides is 4. The molecule has 2 aromatic rings. The highest BCUT2D eigenvalue weighted by molar-refractivity contribution is 6.18. The molecule has 1 aliphatic rings. The first-order valence-corrected chi connectivity index (χ1v) is 9.00. The van der Waals surface area contributed by atoms with E-state index >= 15 is 0 Å². The van der Waals surface area contributed by atoms with Crippen LogP contribution in [0.5, 0.6) is 5.75 Å². The van der Waals surface area contributed by atoms with Gasteiger partial charge in [0.15, 0.2) is 0 Å². The van der Waals surface area contributed by atoms with Crippen molar-refractivity contribution in [3.63, 3.8) is 0 Å². The van der Waals surface area contributed by atoms with E-state index in [-0.39, 0.29) is 17.9 Å². The average Bonchev–Trinajstić information content (AvgIpc) is 3.09. The first-order chi connectivity index (χ1) is 14.5. The number of rotatable bonds is 6. The SMILES string of the molecule is COc1ccc(C=C2C(=O)OC(C)(C)OC2=O)cc1Cn1nc(C(F)F)cc1C(F)F. The Kier molecular flexibility index (Phi) is 6.05. The second-order valence-corrected chi connectivity index (χ2v) is 7.06. The minimum absolute atomic E-state index is 0.270. The van der Waals surface area contributed by atoms with Crippen LogP contribution >= 0.6 is 0 Å². The van der Waals surface area contributed by atoms with Gasteiger partial charge in [-0.1, -0.05) is 6.07 Å². The lowest BCUT2D eigenvalue weighted by Crippen LogP contribution is -2.41. The van der Waals surface area contributed by atoms with Crippen molar-refractivity contribution in [1.29, 1.82) is 0 Å². The summed E-state index contributed by atoms with van der Waals surface area (Å²) in [5, 5.41) is 3.55. The summed E-state index contributed by atoms with van der Waals surface area (Å²) in [4.78, 5) is 24.3. The molecule has 31 heavy (non-hydrogen) atoms. The molecule has 0 saturated carbocycles. The quantitative estimate of drug-likeness (QED) is 0.291. The molecule has 0 spiro atoms. The maximum atomic E-state index is 13.3. The number of nitrogens with zero attached hydrogens (tertiary/aromatic N) is 2. The number of halogens is 4. The molecule has 0 amide bonds. The molecule has 0 atom stereocenters. The fourth-order valence-electron chi connectivity index (χ4n) is 2.98. The topological polar surface area (TPSA) is 79.7 Å². The fourth-order valence-corrected chi connectivity index (χ4v) is 2.98. The van der Waals surface area contributed by atoms with Crippen molar-refractivity contribution in [2.75, 3.05) is 7.11 Å². The lowest BCUT2D eigenvalue weighted by Gasteiger charge is -2.29. The summed E-state index contributed by atoms with van der Waals surface area (Å²) in [7, 11) is 1.34. The molecular weight excluding hydrogens is 424 g/mol. The van der Waals surface area contributed by atoms with E-state index in [2.05, 4.69) is 5.10 Å². The van der Waals surface area contributed by atoms with E-state index in [1.807, 2.05) is 0 Å². The van der Waals surface area contributed by atoms with Crippen LogP contribution in [0.3, 0.4) is 0 Å². The monoisotopic (exact) mass is 442 g/mol. The van der Waals surface area contributed by atoms with Crippen LogP contribution in [0.2, 0.25) is 0 Å². The largest absolute Gasteiger partial charge is 0.496 e. The Morgan fingerprint density at radius 2 is 1.74 bits per heavy atom. The van der Waals surface area contributed by atoms with E-state index in [1.54, 1.807) is 0 Å². The molecule has 1 saturated heterocycles. The van der Waals surface area contributed by atoms with Crippen LogP contribution in [0.4, 0.5) is 17.6 Å². The van der Waals surface area contributed by atoms with Gasteiger partial charge in [0.25, 0.3) is 18.6 Å². The van der Waals surface area contributed by atoms with Crippen LogP contribution in [0.15, 0.2) is 29.8 Å². The number of hydrogen-bond acceptors (Lipinski definition) is 6. The number of aromatic nitrogens is 2. The van der Waals surface area contributed by atoms with Gasteiger partial charge in [-0.3, -0.25) is 4.68 Å². The molecule has 1 aromatic carbocycles. The molecule has 3 rings (SSSR count). The van der Waals surface area contributed by atoms with E-state index in [9.17, 15) is 27.2 Å². The molecule has 1 aromatic heterocycles. The summed E-state index contributed by atoms with van der Waals surface area (Å²) in [5.74, 6) is -2.89. The lowest BCUT2D eigenvalue weighted by molar-refractivity contribution is -0.222. The zero-order valence-corrected chi connectivity index (χ0v) is 16.7. The predicted molar refractivity (Wildman–Crippen MR) is 98.5 cm³/mol. The fraction of sp³-hybridized carbons (Fsp3) is 0.350. The zero-order valence-electron chi connectivity index (χ0n) is 16.7. The molecule has 2 heterocycles. The van der Waals surface area contributed by atoms with Gasteiger partial charge in [0.2, 0.25) is 0 Å². The third kappa shape index (κ3) is 4.86. The number of ether oxygens (including phenoxy) is 3. The van der Waals surface area contributed by atoms with E-state index in [1.165, 1.54) is 45.2 Å². The molecule has 166 valence electrons.